The second-order valence-corrected chi connectivity index (χ2v) is 12.2. The van der Waals surface area contributed by atoms with Crippen LogP contribution >= 0.6 is 11.3 Å². The van der Waals surface area contributed by atoms with E-state index in [4.69, 9.17) is 14.5 Å². The normalized spacial score (nSPS) is 30.9. The van der Waals surface area contributed by atoms with Crippen LogP contribution in [-0.4, -0.2) is 47.2 Å². The largest absolute Gasteiger partial charge is 0.497 e. The fraction of sp³-hybridized carbons (Fsp3) is 0.643. The number of aliphatic hydroxyl groups is 1. The Kier molecular flexibility index (Phi) is 6.83. The van der Waals surface area contributed by atoms with Crippen LogP contribution in [0.2, 0.25) is 0 Å². The molecule has 7 heteroatoms. The predicted molar refractivity (Wildman–Crippen MR) is 137 cm³/mol. The van der Waals surface area contributed by atoms with Gasteiger partial charge in [-0.3, -0.25) is 4.79 Å². The Bertz CT molecular complexity index is 1050. The Morgan fingerprint density at radius 1 is 1.26 bits per heavy atom. The van der Waals surface area contributed by atoms with Crippen molar-refractivity contribution in [2.75, 3.05) is 20.2 Å². The summed E-state index contributed by atoms with van der Waals surface area (Å²) in [4.78, 5) is 21.4. The molecule has 35 heavy (non-hydrogen) atoms. The Morgan fingerprint density at radius 2 is 1.94 bits per heavy atom. The molecular formula is C28H38N2O4S. The lowest BCUT2D eigenvalue weighted by Gasteiger charge is -2.53. The zero-order valence-corrected chi connectivity index (χ0v) is 22.1. The van der Waals surface area contributed by atoms with Gasteiger partial charge in [0, 0.05) is 29.8 Å². The number of amides is 1. The lowest BCUT2D eigenvalue weighted by molar-refractivity contribution is -0.143. The molecule has 5 rings (SSSR count). The second kappa shape index (κ2) is 9.74. The van der Waals surface area contributed by atoms with Crippen LogP contribution in [0, 0.1) is 23.2 Å². The third kappa shape index (κ3) is 4.57. The van der Waals surface area contributed by atoms with Gasteiger partial charge in [-0.2, -0.15) is 0 Å². The summed E-state index contributed by atoms with van der Waals surface area (Å²) < 4.78 is 11.2. The number of fused-ring (bicyclic) bond motifs is 2. The molecule has 0 radical (unpaired) electrons. The molecule has 190 valence electrons. The Balaban J connectivity index is 1.30. The maximum atomic E-state index is 13.1. The summed E-state index contributed by atoms with van der Waals surface area (Å²) in [5, 5.41) is 12.6. The van der Waals surface area contributed by atoms with Crippen LogP contribution in [0.1, 0.15) is 68.0 Å². The van der Waals surface area contributed by atoms with Gasteiger partial charge in [0.05, 0.1) is 18.9 Å². The third-order valence-corrected chi connectivity index (χ3v) is 9.88. The van der Waals surface area contributed by atoms with Gasteiger partial charge in [-0.15, -0.1) is 11.3 Å². The number of likely N-dealkylation sites (tertiary alicyclic amines) is 1. The van der Waals surface area contributed by atoms with Crippen molar-refractivity contribution in [2.45, 2.75) is 71.5 Å². The molecular weight excluding hydrogens is 460 g/mol. The molecule has 2 heterocycles. The summed E-state index contributed by atoms with van der Waals surface area (Å²) in [7, 11) is 1.65. The quantitative estimate of drug-likeness (QED) is 0.604. The summed E-state index contributed by atoms with van der Waals surface area (Å²) in [5.41, 5.74) is 1.14. The first kappa shape index (κ1) is 24.6. The molecule has 1 aromatic heterocycles. The topological polar surface area (TPSA) is 71.9 Å². The first-order chi connectivity index (χ1) is 16.8. The third-order valence-electron chi connectivity index (χ3n) is 8.84. The van der Waals surface area contributed by atoms with Gasteiger partial charge >= 0.3 is 0 Å². The molecule has 1 amide bonds. The molecule has 2 aromatic rings. The van der Waals surface area contributed by atoms with Crippen LogP contribution in [0.3, 0.4) is 0 Å². The van der Waals surface area contributed by atoms with Crippen LogP contribution in [0.5, 0.6) is 11.5 Å². The average molecular weight is 499 g/mol. The van der Waals surface area contributed by atoms with Crippen molar-refractivity contribution < 1.29 is 19.4 Å². The standard InChI is InChI=1S/C28H38N2O4S/c1-17(27(32)30-13-5-6-14-30)21-11-12-28(3)15-22-25(18(2)24(28)26(21)31)29-23(35-22)16-34-20-9-7-19(33-4)8-10-20/h7-10,17-18,21,24,26,31H,5-6,11-16H2,1-4H3/t17-,18-,21+,24+,26-,28-/m0/s1. The van der Waals surface area contributed by atoms with Crippen molar-refractivity contribution in [1.29, 1.82) is 0 Å². The number of rotatable bonds is 6. The lowest BCUT2D eigenvalue weighted by Crippen LogP contribution is -2.53. The van der Waals surface area contributed by atoms with Crippen molar-refractivity contribution >= 4 is 17.2 Å². The van der Waals surface area contributed by atoms with Crippen molar-refractivity contribution in [3.8, 4) is 11.5 Å². The molecule has 1 aliphatic heterocycles. The minimum atomic E-state index is -0.487. The van der Waals surface area contributed by atoms with E-state index in [0.717, 1.165) is 67.4 Å². The van der Waals surface area contributed by atoms with E-state index in [9.17, 15) is 9.90 Å². The number of nitrogens with zero attached hydrogens (tertiary/aromatic N) is 2. The Morgan fingerprint density at radius 3 is 2.63 bits per heavy atom. The first-order valence-electron chi connectivity index (χ1n) is 13.0. The molecule has 1 saturated heterocycles. The van der Waals surface area contributed by atoms with Gasteiger partial charge in [-0.05, 0) is 73.6 Å². The molecule has 1 N–H and O–H groups in total. The molecule has 2 aliphatic carbocycles. The van der Waals surface area contributed by atoms with E-state index in [1.807, 2.05) is 36.1 Å². The smallest absolute Gasteiger partial charge is 0.225 e. The van der Waals surface area contributed by atoms with Gasteiger partial charge in [-0.1, -0.05) is 20.8 Å². The number of thiazole rings is 1. The molecule has 6 atom stereocenters. The lowest BCUT2D eigenvalue weighted by atomic mass is 9.53. The summed E-state index contributed by atoms with van der Waals surface area (Å²) in [5.74, 6) is 1.97. The SMILES string of the molecule is COc1ccc(OCc2nc3c(s2)C[C@]2(C)CC[C@H]([C@H](C)C(=O)N4CCCC4)[C@H](O)[C@H]2[C@@H]3C)cc1. The van der Waals surface area contributed by atoms with Crippen LogP contribution in [0.25, 0.3) is 0 Å². The van der Waals surface area contributed by atoms with E-state index >= 15 is 0 Å². The number of methoxy groups -OCH3 is 1. The molecule has 0 bridgehead atoms. The number of hydrogen-bond acceptors (Lipinski definition) is 6. The zero-order valence-electron chi connectivity index (χ0n) is 21.3. The van der Waals surface area contributed by atoms with Gasteiger partial charge in [0.1, 0.15) is 23.1 Å². The van der Waals surface area contributed by atoms with Gasteiger partial charge in [0.25, 0.3) is 0 Å². The number of carbonyl (C=O) groups excluding carboxylic acids is 1. The number of aromatic nitrogens is 1. The van der Waals surface area contributed by atoms with Crippen molar-refractivity contribution in [3.63, 3.8) is 0 Å². The number of benzene rings is 1. The average Bonchev–Trinajstić information content (AvgIpc) is 3.52. The molecule has 1 aromatic carbocycles. The van der Waals surface area contributed by atoms with Gasteiger partial charge in [0.2, 0.25) is 5.91 Å². The Labute approximate surface area is 212 Å². The van der Waals surface area contributed by atoms with E-state index in [0.29, 0.717) is 6.61 Å². The van der Waals surface area contributed by atoms with E-state index in [2.05, 4.69) is 13.8 Å². The van der Waals surface area contributed by atoms with E-state index in [-0.39, 0.29) is 35.0 Å². The van der Waals surface area contributed by atoms with Gasteiger partial charge in [-0.25, -0.2) is 4.98 Å². The minimum Gasteiger partial charge on any atom is -0.497 e. The summed E-state index contributed by atoms with van der Waals surface area (Å²) in [6.45, 7) is 8.75. The van der Waals surface area contributed by atoms with Crippen LogP contribution in [-0.2, 0) is 17.8 Å². The number of carbonyl (C=O) groups is 1. The number of ether oxygens (including phenoxy) is 2. The molecule has 6 nitrogen and oxygen atoms in total. The highest BCUT2D eigenvalue weighted by atomic mass is 32.1. The predicted octanol–water partition coefficient (Wildman–Crippen LogP) is 5.04. The molecule has 3 aliphatic rings. The molecule has 2 fully saturated rings. The van der Waals surface area contributed by atoms with Crippen LogP contribution in [0.4, 0.5) is 0 Å². The summed E-state index contributed by atoms with van der Waals surface area (Å²) in [6.07, 6.45) is 4.59. The van der Waals surface area contributed by atoms with Crippen molar-refractivity contribution in [2.24, 2.45) is 23.2 Å². The van der Waals surface area contributed by atoms with Crippen LogP contribution < -0.4 is 9.47 Å². The summed E-state index contributed by atoms with van der Waals surface area (Å²) in [6, 6.07) is 7.60. The first-order valence-corrected chi connectivity index (χ1v) is 13.8. The van der Waals surface area contributed by atoms with Crippen molar-refractivity contribution in [3.05, 3.63) is 39.8 Å². The number of hydrogen-bond donors (Lipinski definition) is 1. The molecule has 0 unspecified atom stereocenters. The molecule has 1 saturated carbocycles. The maximum Gasteiger partial charge on any atom is 0.225 e. The van der Waals surface area contributed by atoms with Gasteiger partial charge in [0.15, 0.2) is 0 Å². The van der Waals surface area contributed by atoms with Crippen LogP contribution in [0.15, 0.2) is 24.3 Å². The van der Waals surface area contributed by atoms with E-state index in [1.165, 1.54) is 4.88 Å². The highest BCUT2D eigenvalue weighted by molar-refractivity contribution is 7.11. The number of aliphatic hydroxyl groups excluding tert-OH is 1. The Hall–Kier alpha value is -2.12. The van der Waals surface area contributed by atoms with Crippen molar-refractivity contribution in [1.82, 2.24) is 9.88 Å². The fourth-order valence-corrected chi connectivity index (χ4v) is 8.17. The monoisotopic (exact) mass is 498 g/mol. The van der Waals surface area contributed by atoms with E-state index in [1.54, 1.807) is 18.4 Å². The zero-order chi connectivity index (χ0) is 24.7. The minimum absolute atomic E-state index is 0.0155. The second-order valence-electron chi connectivity index (χ2n) is 11.0. The highest BCUT2D eigenvalue weighted by Crippen LogP contribution is 2.57. The summed E-state index contributed by atoms with van der Waals surface area (Å²) >= 11 is 1.75. The maximum absolute atomic E-state index is 13.1. The van der Waals surface area contributed by atoms with E-state index < -0.39 is 6.10 Å². The highest BCUT2D eigenvalue weighted by Gasteiger charge is 2.54. The fourth-order valence-electron chi connectivity index (χ4n) is 6.88. The van der Waals surface area contributed by atoms with Gasteiger partial charge < -0.3 is 19.5 Å². The molecule has 0 spiro atoms.